The van der Waals surface area contributed by atoms with Gasteiger partial charge in [0.25, 0.3) is 5.91 Å². The zero-order valence-corrected chi connectivity index (χ0v) is 6.36. The van der Waals surface area contributed by atoms with Crippen LogP contribution in [0.4, 0.5) is 0 Å². The molecule has 2 N–H and O–H groups in total. The molecule has 0 radical (unpaired) electrons. The Bertz CT molecular complexity index is 95.0. The second-order valence-corrected chi connectivity index (χ2v) is 3.46. The molecule has 0 aliphatic heterocycles. The summed E-state index contributed by atoms with van der Waals surface area (Å²) in [5.74, 6) is -0.0116. The third kappa shape index (κ3) is 5.65. The lowest BCUT2D eigenvalue weighted by Gasteiger charge is -2.00. The highest BCUT2D eigenvalue weighted by Gasteiger charge is 1.99. The fourth-order valence-electron chi connectivity index (χ4n) is 0.275. The normalized spacial score (nSPS) is 9.78. The predicted octanol–water partition coefficient (Wildman–Crippen LogP) is 0.633. The highest BCUT2D eigenvalue weighted by atomic mass is 32.2. The molecule has 9 heavy (non-hydrogen) atoms. The van der Waals surface area contributed by atoms with Crippen molar-refractivity contribution in [2.75, 3.05) is 5.75 Å². The van der Waals surface area contributed by atoms with Crippen molar-refractivity contribution in [3.05, 3.63) is 0 Å². The van der Waals surface area contributed by atoms with E-state index >= 15 is 0 Å². The van der Waals surface area contributed by atoms with Gasteiger partial charge >= 0.3 is 0 Å². The fourth-order valence-corrected chi connectivity index (χ4v) is 0.824. The zero-order valence-electron chi connectivity index (χ0n) is 5.55. The maximum atomic E-state index is 10.3. The first-order valence-electron chi connectivity index (χ1n) is 2.71. The number of hydroxylamine groups is 1. The third-order valence-corrected chi connectivity index (χ3v) is 1.77. The van der Waals surface area contributed by atoms with Gasteiger partial charge in [-0.25, -0.2) is 5.48 Å². The highest BCUT2D eigenvalue weighted by molar-refractivity contribution is 8.00. The van der Waals surface area contributed by atoms with Gasteiger partial charge in [-0.2, -0.15) is 0 Å². The van der Waals surface area contributed by atoms with Crippen LogP contribution in [0.15, 0.2) is 0 Å². The molecule has 0 aromatic rings. The van der Waals surface area contributed by atoms with Crippen LogP contribution in [0.1, 0.15) is 13.8 Å². The molecule has 54 valence electrons. The van der Waals surface area contributed by atoms with Crippen LogP contribution in [0, 0.1) is 0 Å². The molecule has 3 nitrogen and oxygen atoms in total. The van der Waals surface area contributed by atoms with Crippen molar-refractivity contribution in [3.8, 4) is 0 Å². The number of nitrogens with one attached hydrogen (secondary N) is 1. The number of hydrogen-bond donors (Lipinski definition) is 2. The topological polar surface area (TPSA) is 49.3 Å². The molecular weight excluding hydrogens is 138 g/mol. The Labute approximate surface area is 58.8 Å². The van der Waals surface area contributed by atoms with Crippen LogP contribution >= 0.6 is 11.8 Å². The smallest absolute Gasteiger partial charge is 0.253 e. The van der Waals surface area contributed by atoms with E-state index in [1.807, 2.05) is 13.8 Å². The second-order valence-electron chi connectivity index (χ2n) is 1.89. The largest absolute Gasteiger partial charge is 0.289 e. The minimum absolute atomic E-state index is 0.328. The molecule has 1 amide bonds. The van der Waals surface area contributed by atoms with Gasteiger partial charge in [0.15, 0.2) is 0 Å². The Kier molecular flexibility index (Phi) is 4.53. The van der Waals surface area contributed by atoms with Gasteiger partial charge in [0.05, 0.1) is 5.75 Å². The number of carbonyl (C=O) groups is 1. The van der Waals surface area contributed by atoms with Gasteiger partial charge in [0.1, 0.15) is 0 Å². The van der Waals surface area contributed by atoms with Crippen molar-refractivity contribution >= 4 is 17.7 Å². The second kappa shape index (κ2) is 4.64. The lowest BCUT2D eigenvalue weighted by atomic mass is 10.6. The summed E-state index contributed by atoms with van der Waals surface area (Å²) in [4.78, 5) is 10.3. The average molecular weight is 149 g/mol. The summed E-state index contributed by atoms with van der Waals surface area (Å²) in [6.07, 6.45) is 0. The summed E-state index contributed by atoms with van der Waals surface area (Å²) < 4.78 is 0. The lowest BCUT2D eigenvalue weighted by molar-refractivity contribution is -0.126. The number of thioether (sulfide) groups is 1. The minimum Gasteiger partial charge on any atom is -0.289 e. The van der Waals surface area contributed by atoms with Crippen molar-refractivity contribution in [2.24, 2.45) is 0 Å². The van der Waals surface area contributed by atoms with E-state index in [-0.39, 0.29) is 5.91 Å². The van der Waals surface area contributed by atoms with Crippen LogP contribution in [0.2, 0.25) is 0 Å². The molecule has 0 unspecified atom stereocenters. The molecule has 0 aromatic heterocycles. The number of amides is 1. The zero-order chi connectivity index (χ0) is 7.28. The Balaban J connectivity index is 3.17. The summed E-state index contributed by atoms with van der Waals surface area (Å²) in [6.45, 7) is 3.99. The molecule has 0 bridgehead atoms. The SMILES string of the molecule is CC(C)SCC(=O)NO. The Hall–Kier alpha value is -0.220. The molecule has 0 aliphatic carbocycles. The maximum absolute atomic E-state index is 10.3. The molecule has 0 spiro atoms. The van der Waals surface area contributed by atoms with Crippen LogP contribution in [0.3, 0.4) is 0 Å². The molecule has 0 aliphatic rings. The van der Waals surface area contributed by atoms with Crippen LogP contribution in [0.5, 0.6) is 0 Å². The quantitative estimate of drug-likeness (QED) is 0.457. The van der Waals surface area contributed by atoms with E-state index in [1.54, 1.807) is 5.48 Å². The van der Waals surface area contributed by atoms with Crippen molar-refractivity contribution in [2.45, 2.75) is 19.1 Å². The van der Waals surface area contributed by atoms with Gasteiger partial charge in [0.2, 0.25) is 0 Å². The summed E-state index contributed by atoms with van der Waals surface area (Å²) in [5.41, 5.74) is 1.56. The first-order chi connectivity index (χ1) is 4.16. The Morgan fingerprint density at radius 3 is 2.67 bits per heavy atom. The first-order valence-corrected chi connectivity index (χ1v) is 3.76. The molecular formula is C5H11NO2S. The standard InChI is InChI=1S/C5H11NO2S/c1-4(2)9-3-5(7)6-8/h4,8H,3H2,1-2H3,(H,6,7). The molecule has 0 rings (SSSR count). The third-order valence-electron chi connectivity index (χ3n) is 0.672. The van der Waals surface area contributed by atoms with E-state index in [0.717, 1.165) is 0 Å². The molecule has 0 atom stereocenters. The van der Waals surface area contributed by atoms with E-state index in [4.69, 9.17) is 5.21 Å². The van der Waals surface area contributed by atoms with Gasteiger partial charge in [-0.3, -0.25) is 10.0 Å². The van der Waals surface area contributed by atoms with Gasteiger partial charge in [-0.15, -0.1) is 11.8 Å². The molecule has 0 saturated carbocycles. The van der Waals surface area contributed by atoms with Crippen LogP contribution < -0.4 is 5.48 Å². The van der Waals surface area contributed by atoms with Crippen LogP contribution in [-0.2, 0) is 4.79 Å². The van der Waals surface area contributed by atoms with E-state index in [9.17, 15) is 4.79 Å². The van der Waals surface area contributed by atoms with Crippen molar-refractivity contribution in [1.29, 1.82) is 0 Å². The van der Waals surface area contributed by atoms with E-state index in [0.29, 0.717) is 11.0 Å². The number of hydrogen-bond acceptors (Lipinski definition) is 3. The Morgan fingerprint density at radius 1 is 1.78 bits per heavy atom. The summed E-state index contributed by atoms with van der Waals surface area (Å²) in [6, 6.07) is 0. The summed E-state index contributed by atoms with van der Waals surface area (Å²) >= 11 is 1.49. The minimum atomic E-state index is -0.339. The molecule has 0 fully saturated rings. The average Bonchev–Trinajstić information content (AvgIpc) is 1.83. The van der Waals surface area contributed by atoms with Gasteiger partial charge in [0, 0.05) is 0 Å². The fraction of sp³-hybridized carbons (Fsp3) is 0.800. The molecule has 0 heterocycles. The van der Waals surface area contributed by atoms with Crippen molar-refractivity contribution < 1.29 is 10.0 Å². The van der Waals surface area contributed by atoms with Crippen molar-refractivity contribution in [1.82, 2.24) is 5.48 Å². The number of carbonyl (C=O) groups excluding carboxylic acids is 1. The molecule has 0 aromatic carbocycles. The predicted molar refractivity (Wildman–Crippen MR) is 37.5 cm³/mol. The Morgan fingerprint density at radius 2 is 2.33 bits per heavy atom. The van der Waals surface area contributed by atoms with Crippen LogP contribution in [-0.4, -0.2) is 22.1 Å². The molecule has 0 saturated heterocycles. The van der Waals surface area contributed by atoms with Gasteiger partial charge in [-0.05, 0) is 5.25 Å². The lowest BCUT2D eigenvalue weighted by Crippen LogP contribution is -2.21. The maximum Gasteiger partial charge on any atom is 0.253 e. The highest BCUT2D eigenvalue weighted by Crippen LogP contribution is 2.07. The molecule has 4 heteroatoms. The van der Waals surface area contributed by atoms with Gasteiger partial charge in [-0.1, -0.05) is 13.8 Å². The van der Waals surface area contributed by atoms with E-state index < -0.39 is 0 Å². The van der Waals surface area contributed by atoms with E-state index in [1.165, 1.54) is 11.8 Å². The monoisotopic (exact) mass is 149 g/mol. The van der Waals surface area contributed by atoms with Crippen molar-refractivity contribution in [3.63, 3.8) is 0 Å². The van der Waals surface area contributed by atoms with Crippen LogP contribution in [0.25, 0.3) is 0 Å². The first kappa shape index (κ1) is 8.78. The van der Waals surface area contributed by atoms with E-state index in [2.05, 4.69) is 0 Å². The number of rotatable bonds is 3. The summed E-state index contributed by atoms with van der Waals surface area (Å²) in [7, 11) is 0. The van der Waals surface area contributed by atoms with Gasteiger partial charge < -0.3 is 0 Å². The summed E-state index contributed by atoms with van der Waals surface area (Å²) in [5, 5.41) is 8.47.